The molecule has 0 aliphatic heterocycles. The third-order valence-corrected chi connectivity index (χ3v) is 5.10. The van der Waals surface area contributed by atoms with Crippen molar-refractivity contribution in [2.75, 3.05) is 13.2 Å². The average molecular weight is 394 g/mol. The van der Waals surface area contributed by atoms with Crippen LogP contribution in [-0.4, -0.2) is 24.3 Å². The molecule has 144 valence electrons. The predicted octanol–water partition coefficient (Wildman–Crippen LogP) is 5.45. The maximum Gasteiger partial charge on any atom is 0.337 e. The summed E-state index contributed by atoms with van der Waals surface area (Å²) >= 11 is 1.40. The van der Waals surface area contributed by atoms with E-state index >= 15 is 0 Å². The number of carboxylic acids is 1. The fourth-order valence-corrected chi connectivity index (χ4v) is 3.60. The Morgan fingerprint density at radius 3 is 2.39 bits per heavy atom. The number of para-hydroxylation sites is 1. The van der Waals surface area contributed by atoms with E-state index < -0.39 is 5.97 Å². The van der Waals surface area contributed by atoms with Crippen LogP contribution in [0.1, 0.15) is 21.6 Å². The molecule has 0 aliphatic rings. The molecular formula is C23H22O4S. The lowest BCUT2D eigenvalue weighted by molar-refractivity contribution is -0.130. The number of benzene rings is 2. The Hall–Kier alpha value is -3.05. The minimum atomic E-state index is -0.948. The molecule has 28 heavy (non-hydrogen) atoms. The van der Waals surface area contributed by atoms with Crippen LogP contribution in [0.25, 0.3) is 11.6 Å². The normalized spacial score (nSPS) is 11.3. The van der Waals surface area contributed by atoms with Gasteiger partial charge in [0.2, 0.25) is 0 Å². The first-order chi connectivity index (χ1) is 13.5. The van der Waals surface area contributed by atoms with Gasteiger partial charge in [-0.3, -0.25) is 0 Å². The molecule has 5 heteroatoms. The number of hydrogen-bond acceptors (Lipinski definition) is 4. The highest BCUT2D eigenvalue weighted by Gasteiger charge is 2.11. The van der Waals surface area contributed by atoms with Crippen LogP contribution in [0, 0.1) is 13.8 Å². The minimum absolute atomic E-state index is 0.269. The highest BCUT2D eigenvalue weighted by Crippen LogP contribution is 2.25. The first-order valence-electron chi connectivity index (χ1n) is 8.95. The third-order valence-electron chi connectivity index (χ3n) is 4.19. The Morgan fingerprint density at radius 2 is 1.71 bits per heavy atom. The van der Waals surface area contributed by atoms with E-state index in [1.807, 2.05) is 67.8 Å². The maximum absolute atomic E-state index is 11.6. The van der Waals surface area contributed by atoms with Gasteiger partial charge in [-0.2, -0.15) is 0 Å². The van der Waals surface area contributed by atoms with E-state index in [-0.39, 0.29) is 5.57 Å². The average Bonchev–Trinajstić information content (AvgIpc) is 3.19. The third kappa shape index (κ3) is 5.02. The zero-order valence-corrected chi connectivity index (χ0v) is 16.7. The number of thiophene rings is 1. The van der Waals surface area contributed by atoms with E-state index in [2.05, 4.69) is 0 Å². The Kier molecular flexibility index (Phi) is 6.50. The van der Waals surface area contributed by atoms with Gasteiger partial charge in [-0.05, 0) is 60.2 Å². The van der Waals surface area contributed by atoms with E-state index in [4.69, 9.17) is 9.47 Å². The summed E-state index contributed by atoms with van der Waals surface area (Å²) in [5, 5.41) is 11.4. The lowest BCUT2D eigenvalue weighted by Crippen LogP contribution is -2.10. The topological polar surface area (TPSA) is 55.8 Å². The second-order valence-corrected chi connectivity index (χ2v) is 7.28. The molecule has 0 atom stereocenters. The van der Waals surface area contributed by atoms with Gasteiger partial charge in [-0.1, -0.05) is 36.4 Å². The van der Waals surface area contributed by atoms with Crippen LogP contribution >= 0.6 is 11.3 Å². The Morgan fingerprint density at radius 1 is 1.00 bits per heavy atom. The molecule has 0 aliphatic carbocycles. The lowest BCUT2D eigenvalue weighted by atomic mass is 10.1. The van der Waals surface area contributed by atoms with Gasteiger partial charge in [0, 0.05) is 4.88 Å². The van der Waals surface area contributed by atoms with Gasteiger partial charge in [-0.15, -0.1) is 11.3 Å². The smallest absolute Gasteiger partial charge is 0.337 e. The summed E-state index contributed by atoms with van der Waals surface area (Å²) in [5.74, 6) is 0.621. The molecule has 2 aromatic carbocycles. The van der Waals surface area contributed by atoms with E-state index in [9.17, 15) is 9.90 Å². The van der Waals surface area contributed by atoms with Crippen LogP contribution < -0.4 is 9.47 Å². The Bertz CT molecular complexity index is 954. The zero-order valence-electron chi connectivity index (χ0n) is 15.8. The largest absolute Gasteiger partial charge is 0.490 e. The summed E-state index contributed by atoms with van der Waals surface area (Å²) in [6.45, 7) is 4.87. The van der Waals surface area contributed by atoms with Crippen molar-refractivity contribution in [3.63, 3.8) is 0 Å². The highest BCUT2D eigenvalue weighted by atomic mass is 32.1. The number of carbonyl (C=O) groups is 1. The number of carboxylic acid groups (broad SMARTS) is 1. The zero-order chi connectivity index (χ0) is 19.9. The summed E-state index contributed by atoms with van der Waals surface area (Å²) in [7, 11) is 0. The quantitative estimate of drug-likeness (QED) is 0.408. The van der Waals surface area contributed by atoms with Crippen LogP contribution in [0.15, 0.2) is 60.0 Å². The van der Waals surface area contributed by atoms with Crippen molar-refractivity contribution in [3.05, 3.63) is 81.5 Å². The molecule has 0 bridgehead atoms. The molecule has 0 fully saturated rings. The Labute approximate surface area is 168 Å². The van der Waals surface area contributed by atoms with Crippen LogP contribution in [0.2, 0.25) is 0 Å². The summed E-state index contributed by atoms with van der Waals surface area (Å²) in [6.07, 6.45) is 1.66. The SMILES string of the molecule is Cc1cccc(C)c1OCCOc1cccc(/C=C(\C(=O)O)c2cccs2)c1. The molecule has 0 saturated heterocycles. The van der Waals surface area contributed by atoms with E-state index in [1.54, 1.807) is 12.1 Å². The van der Waals surface area contributed by atoms with Gasteiger partial charge in [0.1, 0.15) is 24.7 Å². The molecule has 0 unspecified atom stereocenters. The molecule has 0 radical (unpaired) electrons. The van der Waals surface area contributed by atoms with Crippen molar-refractivity contribution >= 4 is 29.0 Å². The van der Waals surface area contributed by atoms with E-state index in [0.29, 0.717) is 19.0 Å². The monoisotopic (exact) mass is 394 g/mol. The summed E-state index contributed by atoms with van der Waals surface area (Å²) < 4.78 is 11.6. The maximum atomic E-state index is 11.6. The van der Waals surface area contributed by atoms with Gasteiger partial charge >= 0.3 is 5.97 Å². The first-order valence-corrected chi connectivity index (χ1v) is 9.83. The number of aryl methyl sites for hydroxylation is 2. The summed E-state index contributed by atoms with van der Waals surface area (Å²) in [6, 6.07) is 17.1. The van der Waals surface area contributed by atoms with Crippen molar-refractivity contribution in [3.8, 4) is 11.5 Å². The molecule has 0 saturated carbocycles. The van der Waals surface area contributed by atoms with Gasteiger partial charge < -0.3 is 14.6 Å². The molecule has 0 amide bonds. The van der Waals surface area contributed by atoms with Crippen LogP contribution in [0.4, 0.5) is 0 Å². The standard InChI is InChI=1S/C23H22O4S/c1-16-6-3-7-17(2)22(16)27-12-11-26-19-9-4-8-18(14-19)15-20(23(24)25)21-10-5-13-28-21/h3-10,13-15H,11-12H2,1-2H3,(H,24,25)/b20-15-. The molecular weight excluding hydrogens is 372 g/mol. The molecule has 3 aromatic rings. The summed E-state index contributed by atoms with van der Waals surface area (Å²) in [5.41, 5.74) is 3.24. The minimum Gasteiger partial charge on any atom is -0.490 e. The van der Waals surface area contributed by atoms with E-state index in [1.165, 1.54) is 11.3 Å². The Balaban J connectivity index is 1.63. The number of aliphatic carboxylic acids is 1. The lowest BCUT2D eigenvalue weighted by Gasteiger charge is -2.12. The van der Waals surface area contributed by atoms with Crippen molar-refractivity contribution in [1.29, 1.82) is 0 Å². The fraction of sp³-hybridized carbons (Fsp3) is 0.174. The second kappa shape index (κ2) is 9.24. The highest BCUT2D eigenvalue weighted by molar-refractivity contribution is 7.11. The fourth-order valence-electron chi connectivity index (χ4n) is 2.86. The van der Waals surface area contributed by atoms with Gasteiger partial charge in [0.25, 0.3) is 0 Å². The number of rotatable bonds is 8. The number of hydrogen-bond donors (Lipinski definition) is 1. The van der Waals surface area contributed by atoms with Crippen molar-refractivity contribution in [2.24, 2.45) is 0 Å². The molecule has 1 aromatic heterocycles. The van der Waals surface area contributed by atoms with Crippen molar-refractivity contribution in [1.82, 2.24) is 0 Å². The molecule has 1 heterocycles. The van der Waals surface area contributed by atoms with Gasteiger partial charge in [-0.25, -0.2) is 4.79 Å². The summed E-state index contributed by atoms with van der Waals surface area (Å²) in [4.78, 5) is 12.3. The van der Waals surface area contributed by atoms with Gasteiger partial charge in [0.05, 0.1) is 5.57 Å². The van der Waals surface area contributed by atoms with Crippen LogP contribution in [0.3, 0.4) is 0 Å². The second-order valence-electron chi connectivity index (χ2n) is 6.33. The van der Waals surface area contributed by atoms with Gasteiger partial charge in [0.15, 0.2) is 0 Å². The van der Waals surface area contributed by atoms with Crippen molar-refractivity contribution in [2.45, 2.75) is 13.8 Å². The molecule has 1 N–H and O–H groups in total. The van der Waals surface area contributed by atoms with E-state index in [0.717, 1.165) is 27.3 Å². The predicted molar refractivity (Wildman–Crippen MR) is 113 cm³/mol. The van der Waals surface area contributed by atoms with Crippen LogP contribution in [0.5, 0.6) is 11.5 Å². The van der Waals surface area contributed by atoms with Crippen LogP contribution in [-0.2, 0) is 4.79 Å². The molecule has 4 nitrogen and oxygen atoms in total. The molecule has 3 rings (SSSR count). The van der Waals surface area contributed by atoms with Crippen molar-refractivity contribution < 1.29 is 19.4 Å². The first kappa shape index (κ1) is 19.7. The molecule has 0 spiro atoms. The number of ether oxygens (including phenoxy) is 2.